The van der Waals surface area contributed by atoms with Crippen LogP contribution in [-0.4, -0.2) is 41.8 Å². The van der Waals surface area contributed by atoms with Gasteiger partial charge in [0.2, 0.25) is 5.91 Å². The quantitative estimate of drug-likeness (QED) is 0.922. The average Bonchev–Trinajstić information content (AvgIpc) is 2.69. The second-order valence-electron chi connectivity index (χ2n) is 6.90. The molecular weight excluding hydrogens is 328 g/mol. The monoisotopic (exact) mass is 350 g/mol. The van der Waals surface area contributed by atoms with E-state index in [1.165, 1.54) is 11.1 Å². The minimum atomic E-state index is -0.628. The first-order chi connectivity index (χ1) is 12.6. The summed E-state index contributed by atoms with van der Waals surface area (Å²) in [5.41, 5.74) is 3.15. The molecule has 0 fully saturated rings. The molecule has 1 amide bonds. The smallest absolute Gasteiger partial charge is 0.237 e. The van der Waals surface area contributed by atoms with Crippen molar-refractivity contribution >= 4 is 11.7 Å². The molecule has 2 aromatic rings. The Kier molecular flexibility index (Phi) is 4.47. The Labute approximate surface area is 153 Å². The highest BCUT2D eigenvalue weighted by atomic mass is 16.5. The van der Waals surface area contributed by atoms with E-state index in [2.05, 4.69) is 28.4 Å². The number of Topliss-reactive ketones (excluding diaryl/α,β-unsaturated/α-hetero) is 1. The molecule has 2 heterocycles. The minimum absolute atomic E-state index is 0.0867. The van der Waals surface area contributed by atoms with E-state index in [1.807, 2.05) is 19.1 Å². The highest BCUT2D eigenvalue weighted by molar-refractivity contribution is 6.05. The largest absolute Gasteiger partial charge is 0.490 e. The van der Waals surface area contributed by atoms with Crippen molar-refractivity contribution in [1.82, 2.24) is 10.2 Å². The molecule has 0 saturated carbocycles. The number of nitrogens with one attached hydrogen (secondary N) is 1. The van der Waals surface area contributed by atoms with Gasteiger partial charge < -0.3 is 10.1 Å². The summed E-state index contributed by atoms with van der Waals surface area (Å²) >= 11 is 0. The number of fused-ring (bicyclic) bond motifs is 2. The van der Waals surface area contributed by atoms with Crippen LogP contribution in [0.5, 0.6) is 5.75 Å². The van der Waals surface area contributed by atoms with E-state index in [0.29, 0.717) is 11.3 Å². The number of para-hydroxylation sites is 1. The van der Waals surface area contributed by atoms with Crippen molar-refractivity contribution in [2.45, 2.75) is 32.0 Å². The molecule has 2 aliphatic heterocycles. The van der Waals surface area contributed by atoms with Gasteiger partial charge in [0, 0.05) is 13.1 Å². The Balaban J connectivity index is 1.42. The maximum Gasteiger partial charge on any atom is 0.237 e. The first-order valence-electron chi connectivity index (χ1n) is 9.01. The van der Waals surface area contributed by atoms with Crippen LogP contribution in [0.1, 0.15) is 28.4 Å². The maximum atomic E-state index is 12.7. The standard InChI is InChI=1S/C21H22N2O3/c1-14(23-11-10-15-6-2-3-7-16(15)12-23)21(25)22-18-13-26-19-9-5-4-8-17(19)20(18)24/h2-9,14,18H,10-13H2,1H3,(H,22,25). The molecule has 4 rings (SSSR count). The molecule has 0 radical (unpaired) electrons. The molecule has 0 spiro atoms. The minimum Gasteiger partial charge on any atom is -0.490 e. The number of amides is 1. The van der Waals surface area contributed by atoms with Crippen LogP contribution >= 0.6 is 0 Å². The lowest BCUT2D eigenvalue weighted by Crippen LogP contribution is -2.54. The van der Waals surface area contributed by atoms with Crippen molar-refractivity contribution in [2.24, 2.45) is 0 Å². The van der Waals surface area contributed by atoms with Crippen LogP contribution in [0, 0.1) is 0 Å². The van der Waals surface area contributed by atoms with Gasteiger partial charge in [0.15, 0.2) is 5.78 Å². The van der Waals surface area contributed by atoms with Crippen LogP contribution in [-0.2, 0) is 17.8 Å². The van der Waals surface area contributed by atoms with Gasteiger partial charge in [-0.05, 0) is 36.6 Å². The number of hydrogen-bond acceptors (Lipinski definition) is 4. The van der Waals surface area contributed by atoms with E-state index in [1.54, 1.807) is 18.2 Å². The van der Waals surface area contributed by atoms with Crippen molar-refractivity contribution < 1.29 is 14.3 Å². The normalized spacial score (nSPS) is 20.5. The number of rotatable bonds is 3. The van der Waals surface area contributed by atoms with Gasteiger partial charge in [-0.2, -0.15) is 0 Å². The number of hydrogen-bond donors (Lipinski definition) is 1. The second-order valence-corrected chi connectivity index (χ2v) is 6.90. The Morgan fingerprint density at radius 3 is 2.73 bits per heavy atom. The van der Waals surface area contributed by atoms with E-state index in [4.69, 9.17) is 4.74 Å². The highest BCUT2D eigenvalue weighted by Crippen LogP contribution is 2.24. The van der Waals surface area contributed by atoms with Gasteiger partial charge >= 0.3 is 0 Å². The Morgan fingerprint density at radius 2 is 1.88 bits per heavy atom. The molecule has 134 valence electrons. The molecule has 2 aromatic carbocycles. The topological polar surface area (TPSA) is 58.6 Å². The summed E-state index contributed by atoms with van der Waals surface area (Å²) in [6, 6.07) is 14.6. The van der Waals surface area contributed by atoms with Gasteiger partial charge in [0.1, 0.15) is 18.4 Å². The predicted molar refractivity (Wildman–Crippen MR) is 98.2 cm³/mol. The lowest BCUT2D eigenvalue weighted by molar-refractivity contribution is -0.127. The third kappa shape index (κ3) is 3.10. The Morgan fingerprint density at radius 1 is 1.15 bits per heavy atom. The van der Waals surface area contributed by atoms with Gasteiger partial charge in [-0.3, -0.25) is 14.5 Å². The molecule has 1 N–H and O–H groups in total. The number of benzene rings is 2. The van der Waals surface area contributed by atoms with Crippen LogP contribution in [0.4, 0.5) is 0 Å². The number of nitrogens with zero attached hydrogens (tertiary/aromatic N) is 1. The molecule has 0 bridgehead atoms. The second kappa shape index (κ2) is 6.92. The zero-order chi connectivity index (χ0) is 18.1. The van der Waals surface area contributed by atoms with Crippen LogP contribution in [0.3, 0.4) is 0 Å². The summed E-state index contributed by atoms with van der Waals surface area (Å²) in [6.07, 6.45) is 0.937. The third-order valence-corrected chi connectivity index (χ3v) is 5.28. The molecule has 2 aliphatic rings. The van der Waals surface area contributed by atoms with Gasteiger partial charge in [0.05, 0.1) is 11.6 Å². The summed E-state index contributed by atoms with van der Waals surface area (Å²) in [5.74, 6) is 0.366. The van der Waals surface area contributed by atoms with Crippen molar-refractivity contribution in [1.29, 1.82) is 0 Å². The van der Waals surface area contributed by atoms with Crippen LogP contribution in [0.2, 0.25) is 0 Å². The van der Waals surface area contributed by atoms with E-state index < -0.39 is 6.04 Å². The number of ether oxygens (including phenoxy) is 1. The first kappa shape index (κ1) is 16.8. The zero-order valence-electron chi connectivity index (χ0n) is 14.8. The summed E-state index contributed by atoms with van der Waals surface area (Å²) in [7, 11) is 0. The fraction of sp³-hybridized carbons (Fsp3) is 0.333. The SMILES string of the molecule is CC(C(=O)NC1COc2ccccc2C1=O)N1CCc2ccccc2C1. The summed E-state index contributed by atoms with van der Waals surface area (Å²) in [4.78, 5) is 27.5. The fourth-order valence-corrected chi connectivity index (χ4v) is 3.65. The summed E-state index contributed by atoms with van der Waals surface area (Å²) < 4.78 is 5.63. The molecular formula is C21H22N2O3. The molecule has 2 unspecified atom stereocenters. The van der Waals surface area contributed by atoms with Gasteiger partial charge in [-0.15, -0.1) is 0 Å². The van der Waals surface area contributed by atoms with Gasteiger partial charge in [0.25, 0.3) is 0 Å². The molecule has 26 heavy (non-hydrogen) atoms. The highest BCUT2D eigenvalue weighted by Gasteiger charge is 2.32. The van der Waals surface area contributed by atoms with E-state index in [9.17, 15) is 9.59 Å². The van der Waals surface area contributed by atoms with Crippen molar-refractivity contribution in [3.63, 3.8) is 0 Å². The Hall–Kier alpha value is -2.66. The molecule has 5 heteroatoms. The Bertz CT molecular complexity index is 849. The van der Waals surface area contributed by atoms with E-state index in [0.717, 1.165) is 19.5 Å². The molecule has 5 nitrogen and oxygen atoms in total. The van der Waals surface area contributed by atoms with Gasteiger partial charge in [-0.1, -0.05) is 36.4 Å². The van der Waals surface area contributed by atoms with Crippen LogP contribution in [0.25, 0.3) is 0 Å². The molecule has 0 saturated heterocycles. The fourth-order valence-electron chi connectivity index (χ4n) is 3.65. The van der Waals surface area contributed by atoms with Crippen molar-refractivity contribution in [2.75, 3.05) is 13.2 Å². The van der Waals surface area contributed by atoms with E-state index in [-0.39, 0.29) is 24.3 Å². The molecule has 2 atom stereocenters. The zero-order valence-corrected chi connectivity index (χ0v) is 14.8. The molecule has 0 aromatic heterocycles. The van der Waals surface area contributed by atoms with E-state index >= 15 is 0 Å². The van der Waals surface area contributed by atoms with Crippen LogP contribution < -0.4 is 10.1 Å². The average molecular weight is 350 g/mol. The lowest BCUT2D eigenvalue weighted by Gasteiger charge is -2.34. The van der Waals surface area contributed by atoms with Crippen molar-refractivity contribution in [3.05, 3.63) is 65.2 Å². The number of carbonyl (C=O) groups is 2. The van der Waals surface area contributed by atoms with Crippen LogP contribution in [0.15, 0.2) is 48.5 Å². The summed E-state index contributed by atoms with van der Waals surface area (Å²) in [5, 5.41) is 2.88. The molecule has 0 aliphatic carbocycles. The number of ketones is 1. The lowest BCUT2D eigenvalue weighted by atomic mass is 9.98. The summed E-state index contributed by atoms with van der Waals surface area (Å²) in [6.45, 7) is 3.66. The van der Waals surface area contributed by atoms with Gasteiger partial charge in [-0.25, -0.2) is 0 Å². The maximum absolute atomic E-state index is 12.7. The first-order valence-corrected chi connectivity index (χ1v) is 9.01. The number of carbonyl (C=O) groups excluding carboxylic acids is 2. The predicted octanol–water partition coefficient (Wildman–Crippen LogP) is 2.19. The third-order valence-electron chi connectivity index (χ3n) is 5.28. The van der Waals surface area contributed by atoms with Crippen molar-refractivity contribution in [3.8, 4) is 5.75 Å².